The molecule has 120 valence electrons. The number of benzene rings is 2. The molecule has 2 aliphatic carbocycles. The van der Waals surface area contributed by atoms with E-state index in [0.29, 0.717) is 0 Å². The van der Waals surface area contributed by atoms with Gasteiger partial charge >= 0.3 is 0 Å². The lowest BCUT2D eigenvalue weighted by molar-refractivity contribution is 0.671. The molecule has 0 amide bonds. The molecule has 0 spiro atoms. The molecule has 0 unspecified atom stereocenters. The minimum Gasteiger partial charge on any atom is -0.0587 e. The van der Waals surface area contributed by atoms with Crippen molar-refractivity contribution >= 4 is 0 Å². The Hall–Kier alpha value is -1.56. The number of rotatable bonds is 2. The highest BCUT2D eigenvalue weighted by atomic mass is 14.2. The zero-order valence-electron chi connectivity index (χ0n) is 14.7. The maximum atomic E-state index is 2.39. The minimum absolute atomic E-state index is 1.16. The molecule has 0 fully saturated rings. The van der Waals surface area contributed by atoms with Crippen LogP contribution in [-0.4, -0.2) is 0 Å². The predicted octanol–water partition coefficient (Wildman–Crippen LogP) is 5.65. The van der Waals surface area contributed by atoms with E-state index in [1.165, 1.54) is 62.5 Å². The maximum absolute atomic E-state index is 2.39. The summed E-state index contributed by atoms with van der Waals surface area (Å²) in [6.45, 7) is 4.63. The van der Waals surface area contributed by atoms with Crippen LogP contribution in [0.4, 0.5) is 0 Å². The third kappa shape index (κ3) is 2.73. The van der Waals surface area contributed by atoms with E-state index in [2.05, 4.69) is 38.1 Å². The van der Waals surface area contributed by atoms with Crippen molar-refractivity contribution in [1.29, 1.82) is 0 Å². The summed E-state index contributed by atoms with van der Waals surface area (Å²) in [6, 6.07) is 9.51. The first-order chi connectivity index (χ1) is 11.2. The molecule has 0 heteroatoms. The molecule has 0 nitrogen and oxygen atoms in total. The number of hydrogen-bond acceptors (Lipinski definition) is 0. The smallest absolute Gasteiger partial charge is 0.00149 e. The highest BCUT2D eigenvalue weighted by Gasteiger charge is 2.19. The van der Waals surface area contributed by atoms with Crippen molar-refractivity contribution in [2.45, 2.75) is 71.6 Å². The second-order valence-electron chi connectivity index (χ2n) is 7.59. The van der Waals surface area contributed by atoms with Crippen molar-refractivity contribution in [1.82, 2.24) is 0 Å². The Kier molecular flexibility index (Phi) is 4.01. The molecule has 0 heterocycles. The van der Waals surface area contributed by atoms with Crippen molar-refractivity contribution in [2.75, 3.05) is 0 Å². The van der Waals surface area contributed by atoms with Crippen LogP contribution >= 0.6 is 0 Å². The Bertz CT molecular complexity index is 673. The minimum atomic E-state index is 1.16. The Balaban J connectivity index is 1.80. The lowest BCUT2D eigenvalue weighted by Crippen LogP contribution is -2.12. The molecular formula is C23H28. The van der Waals surface area contributed by atoms with Gasteiger partial charge in [0, 0.05) is 0 Å². The zero-order valence-corrected chi connectivity index (χ0v) is 14.7. The topological polar surface area (TPSA) is 0 Å². The molecule has 2 aromatic rings. The predicted molar refractivity (Wildman–Crippen MR) is 98.4 cm³/mol. The van der Waals surface area contributed by atoms with Crippen LogP contribution < -0.4 is 0 Å². The molecule has 2 aliphatic rings. The van der Waals surface area contributed by atoms with Crippen LogP contribution in [0.25, 0.3) is 0 Å². The van der Waals surface area contributed by atoms with Gasteiger partial charge in [-0.3, -0.25) is 0 Å². The van der Waals surface area contributed by atoms with Crippen LogP contribution in [0.1, 0.15) is 70.2 Å². The summed E-state index contributed by atoms with van der Waals surface area (Å²) in [5, 5.41) is 0. The molecule has 23 heavy (non-hydrogen) atoms. The average Bonchev–Trinajstić information content (AvgIpc) is 2.59. The largest absolute Gasteiger partial charge is 0.0587 e. The standard InChI is InChI=1S/C23H28/c1-16-11-13-18-7-3-5-9-20(18)22(16)15-23-17(2)12-14-19-8-4-6-10-21(19)23/h11-14H,3-10,15H2,1-2H3. The van der Waals surface area contributed by atoms with E-state index in [1.807, 2.05) is 0 Å². The van der Waals surface area contributed by atoms with E-state index in [9.17, 15) is 0 Å². The summed E-state index contributed by atoms with van der Waals surface area (Å²) in [6.07, 6.45) is 11.8. The molecule has 0 saturated heterocycles. The number of aryl methyl sites for hydroxylation is 4. The normalized spacial score (nSPS) is 16.8. The van der Waals surface area contributed by atoms with Crippen molar-refractivity contribution < 1.29 is 0 Å². The maximum Gasteiger partial charge on any atom is -0.00149 e. The summed E-state index contributed by atoms with van der Waals surface area (Å²) in [5.74, 6) is 0. The fourth-order valence-electron chi connectivity index (χ4n) is 4.71. The summed E-state index contributed by atoms with van der Waals surface area (Å²) in [5.41, 5.74) is 12.9. The van der Waals surface area contributed by atoms with Crippen LogP contribution in [0.3, 0.4) is 0 Å². The highest BCUT2D eigenvalue weighted by molar-refractivity contribution is 5.49. The first kappa shape index (κ1) is 15.0. The van der Waals surface area contributed by atoms with Crippen molar-refractivity contribution in [2.24, 2.45) is 0 Å². The molecule has 0 aliphatic heterocycles. The average molecular weight is 304 g/mol. The Morgan fingerprint density at radius 2 is 1.04 bits per heavy atom. The first-order valence-electron chi connectivity index (χ1n) is 9.44. The molecule has 0 radical (unpaired) electrons. The fourth-order valence-corrected chi connectivity index (χ4v) is 4.71. The zero-order chi connectivity index (χ0) is 15.8. The van der Waals surface area contributed by atoms with E-state index < -0.39 is 0 Å². The van der Waals surface area contributed by atoms with Crippen molar-refractivity contribution in [3.63, 3.8) is 0 Å². The van der Waals surface area contributed by atoms with E-state index in [1.54, 1.807) is 33.4 Å². The second kappa shape index (κ2) is 6.15. The van der Waals surface area contributed by atoms with Crippen LogP contribution in [0, 0.1) is 13.8 Å². The monoisotopic (exact) mass is 304 g/mol. The van der Waals surface area contributed by atoms with Gasteiger partial charge in [0.05, 0.1) is 0 Å². The van der Waals surface area contributed by atoms with Crippen LogP contribution in [0.15, 0.2) is 24.3 Å². The summed E-state index contributed by atoms with van der Waals surface area (Å²) in [7, 11) is 0. The summed E-state index contributed by atoms with van der Waals surface area (Å²) < 4.78 is 0. The van der Waals surface area contributed by atoms with E-state index in [-0.39, 0.29) is 0 Å². The van der Waals surface area contributed by atoms with E-state index in [4.69, 9.17) is 0 Å². The molecule has 0 bridgehead atoms. The molecule has 0 atom stereocenters. The summed E-state index contributed by atoms with van der Waals surface area (Å²) >= 11 is 0. The van der Waals surface area contributed by atoms with Crippen molar-refractivity contribution in [3.05, 3.63) is 68.8 Å². The lowest BCUT2D eigenvalue weighted by atomic mass is 9.80. The van der Waals surface area contributed by atoms with Gasteiger partial charge in [0.25, 0.3) is 0 Å². The molecule has 4 rings (SSSR count). The van der Waals surface area contributed by atoms with Gasteiger partial charge in [0.1, 0.15) is 0 Å². The van der Waals surface area contributed by atoms with Gasteiger partial charge < -0.3 is 0 Å². The van der Waals surface area contributed by atoms with E-state index >= 15 is 0 Å². The Morgan fingerprint density at radius 3 is 1.52 bits per heavy atom. The highest BCUT2D eigenvalue weighted by Crippen LogP contribution is 2.33. The van der Waals surface area contributed by atoms with Gasteiger partial charge in [0.2, 0.25) is 0 Å². The van der Waals surface area contributed by atoms with Gasteiger partial charge in [0.15, 0.2) is 0 Å². The van der Waals surface area contributed by atoms with Gasteiger partial charge in [-0.1, -0.05) is 24.3 Å². The molecule has 0 saturated carbocycles. The van der Waals surface area contributed by atoms with Gasteiger partial charge in [-0.25, -0.2) is 0 Å². The van der Waals surface area contributed by atoms with Crippen molar-refractivity contribution in [3.8, 4) is 0 Å². The van der Waals surface area contributed by atoms with Gasteiger partial charge in [-0.05, 0) is 116 Å². The Labute approximate surface area is 140 Å². The molecule has 0 aromatic heterocycles. The van der Waals surface area contributed by atoms with Crippen LogP contribution in [0.2, 0.25) is 0 Å². The quantitative estimate of drug-likeness (QED) is 0.672. The third-order valence-corrected chi connectivity index (χ3v) is 6.12. The first-order valence-corrected chi connectivity index (χ1v) is 9.44. The van der Waals surface area contributed by atoms with Gasteiger partial charge in [-0.15, -0.1) is 0 Å². The molecule has 0 N–H and O–H groups in total. The van der Waals surface area contributed by atoms with Gasteiger partial charge in [-0.2, -0.15) is 0 Å². The van der Waals surface area contributed by atoms with Crippen LogP contribution in [0.5, 0.6) is 0 Å². The third-order valence-electron chi connectivity index (χ3n) is 6.12. The molecular weight excluding hydrogens is 276 g/mol. The molecule has 2 aromatic carbocycles. The SMILES string of the molecule is Cc1ccc2c(c1Cc1c(C)ccc3c1CCCC3)CCCC2. The number of fused-ring (bicyclic) bond motifs is 2. The Morgan fingerprint density at radius 1 is 0.609 bits per heavy atom. The number of hydrogen-bond donors (Lipinski definition) is 0. The fraction of sp³-hybridized carbons (Fsp3) is 0.478. The van der Waals surface area contributed by atoms with Crippen LogP contribution in [-0.2, 0) is 32.1 Å². The second-order valence-corrected chi connectivity index (χ2v) is 7.59. The van der Waals surface area contributed by atoms with E-state index in [0.717, 1.165) is 6.42 Å². The summed E-state index contributed by atoms with van der Waals surface area (Å²) in [4.78, 5) is 0. The lowest BCUT2D eigenvalue weighted by Gasteiger charge is -2.25.